The minimum atomic E-state index is -0.446. The first kappa shape index (κ1) is 10.4. The Morgan fingerprint density at radius 1 is 1.50 bits per heavy atom. The maximum absolute atomic E-state index is 11.5. The molecular weight excluding hydrogens is 210 g/mol. The molecule has 84 valence electrons. The average Bonchev–Trinajstić information content (AvgIpc) is 2.75. The van der Waals surface area contributed by atoms with Crippen molar-refractivity contribution >= 4 is 0 Å². The third-order valence-electron chi connectivity index (χ3n) is 2.28. The van der Waals surface area contributed by atoms with Crippen molar-refractivity contribution in [2.75, 3.05) is 0 Å². The largest absolute Gasteiger partial charge is 0.359 e. The van der Waals surface area contributed by atoms with Crippen molar-refractivity contribution in [1.82, 2.24) is 14.7 Å². The number of nitrogens with zero attached hydrogens (tertiary/aromatic N) is 2. The van der Waals surface area contributed by atoms with Crippen LogP contribution in [0.2, 0.25) is 0 Å². The Kier molecular flexibility index (Phi) is 2.72. The molecule has 0 fully saturated rings. The zero-order valence-corrected chi connectivity index (χ0v) is 8.77. The van der Waals surface area contributed by atoms with E-state index in [0.29, 0.717) is 17.7 Å². The monoisotopic (exact) mass is 221 g/mol. The van der Waals surface area contributed by atoms with Crippen LogP contribution in [0.1, 0.15) is 18.2 Å². The molecule has 0 radical (unpaired) electrons. The van der Waals surface area contributed by atoms with Gasteiger partial charge in [-0.2, -0.15) is 0 Å². The molecule has 0 atom stereocenters. The highest BCUT2D eigenvalue weighted by atomic mass is 16.5. The molecule has 0 aliphatic rings. The topological polar surface area (TPSA) is 80.9 Å². The highest BCUT2D eigenvalue weighted by Crippen LogP contribution is 1.99. The number of hydrogen-bond donors (Lipinski definition) is 1. The third kappa shape index (κ3) is 1.95. The third-order valence-corrected chi connectivity index (χ3v) is 2.28. The van der Waals surface area contributed by atoms with Gasteiger partial charge in [0.05, 0.1) is 12.7 Å². The summed E-state index contributed by atoms with van der Waals surface area (Å²) < 4.78 is 6.28. The van der Waals surface area contributed by atoms with E-state index in [1.807, 2.05) is 6.92 Å². The predicted molar refractivity (Wildman–Crippen MR) is 56.3 cm³/mol. The van der Waals surface area contributed by atoms with Crippen LogP contribution >= 0.6 is 0 Å². The number of aromatic nitrogens is 3. The van der Waals surface area contributed by atoms with Gasteiger partial charge in [-0.1, -0.05) is 12.1 Å². The summed E-state index contributed by atoms with van der Waals surface area (Å²) in [4.78, 5) is 25.1. The molecule has 2 aromatic rings. The Labute approximate surface area is 90.5 Å². The van der Waals surface area contributed by atoms with E-state index in [9.17, 15) is 9.59 Å². The summed E-state index contributed by atoms with van der Waals surface area (Å²) in [6.07, 6.45) is 3.63. The van der Waals surface area contributed by atoms with Gasteiger partial charge in [0.1, 0.15) is 0 Å². The fourth-order valence-electron chi connectivity index (χ4n) is 1.42. The fraction of sp³-hybridized carbons (Fsp3) is 0.300. The van der Waals surface area contributed by atoms with E-state index >= 15 is 0 Å². The van der Waals surface area contributed by atoms with E-state index in [-0.39, 0.29) is 12.1 Å². The van der Waals surface area contributed by atoms with Gasteiger partial charge in [0.2, 0.25) is 0 Å². The van der Waals surface area contributed by atoms with Crippen molar-refractivity contribution in [2.24, 2.45) is 0 Å². The highest BCUT2D eigenvalue weighted by molar-refractivity contribution is 5.05. The summed E-state index contributed by atoms with van der Waals surface area (Å²) in [5, 5.41) is 3.55. The number of aromatic amines is 1. The molecule has 1 N–H and O–H groups in total. The molecule has 0 saturated carbocycles. The van der Waals surface area contributed by atoms with Crippen molar-refractivity contribution in [1.29, 1.82) is 0 Å². The second-order valence-corrected chi connectivity index (χ2v) is 3.37. The van der Waals surface area contributed by atoms with Crippen molar-refractivity contribution < 1.29 is 4.52 Å². The molecular formula is C10H11N3O3. The van der Waals surface area contributed by atoms with E-state index in [1.54, 1.807) is 12.3 Å². The van der Waals surface area contributed by atoms with Gasteiger partial charge in [-0.3, -0.25) is 14.3 Å². The molecule has 6 heteroatoms. The maximum atomic E-state index is 11.5. The summed E-state index contributed by atoms with van der Waals surface area (Å²) in [5.41, 5.74) is -0.209. The first-order chi connectivity index (χ1) is 7.70. The first-order valence-corrected chi connectivity index (χ1v) is 4.93. The van der Waals surface area contributed by atoms with E-state index in [0.717, 1.165) is 0 Å². The molecule has 0 saturated heterocycles. The molecule has 0 spiro atoms. The zero-order chi connectivity index (χ0) is 11.5. The molecule has 16 heavy (non-hydrogen) atoms. The molecule has 0 aliphatic heterocycles. The minimum Gasteiger partial charge on any atom is -0.359 e. The second kappa shape index (κ2) is 4.18. The molecule has 0 bridgehead atoms. The average molecular weight is 221 g/mol. The van der Waals surface area contributed by atoms with Gasteiger partial charge < -0.3 is 4.52 Å². The van der Waals surface area contributed by atoms with Gasteiger partial charge in [-0.05, 0) is 6.42 Å². The number of H-pyrrole nitrogens is 1. The molecule has 0 amide bonds. The Morgan fingerprint density at radius 3 is 2.94 bits per heavy atom. The minimum absolute atomic E-state index is 0.266. The highest BCUT2D eigenvalue weighted by Gasteiger charge is 2.05. The van der Waals surface area contributed by atoms with Crippen molar-refractivity contribution in [3.05, 3.63) is 50.6 Å². The van der Waals surface area contributed by atoms with Gasteiger partial charge in [0.15, 0.2) is 5.76 Å². The molecule has 2 rings (SSSR count). The lowest BCUT2D eigenvalue weighted by atomic mass is 10.2. The van der Waals surface area contributed by atoms with Crippen LogP contribution in [0.25, 0.3) is 0 Å². The number of rotatable bonds is 3. The zero-order valence-electron chi connectivity index (χ0n) is 8.77. The van der Waals surface area contributed by atoms with Crippen LogP contribution in [0.4, 0.5) is 0 Å². The molecule has 2 aromatic heterocycles. The van der Waals surface area contributed by atoms with Crippen LogP contribution in [0.3, 0.4) is 0 Å². The van der Waals surface area contributed by atoms with Gasteiger partial charge in [0, 0.05) is 17.8 Å². The number of aryl methyl sites for hydroxylation is 1. The van der Waals surface area contributed by atoms with E-state index in [2.05, 4.69) is 10.1 Å². The van der Waals surface area contributed by atoms with Gasteiger partial charge in [-0.15, -0.1) is 0 Å². The molecule has 2 heterocycles. The normalized spacial score (nSPS) is 10.6. The van der Waals surface area contributed by atoms with E-state index in [4.69, 9.17) is 4.52 Å². The first-order valence-electron chi connectivity index (χ1n) is 4.93. The lowest BCUT2D eigenvalue weighted by Crippen LogP contribution is -2.31. The summed E-state index contributed by atoms with van der Waals surface area (Å²) in [5.74, 6) is 0.566. The Hall–Kier alpha value is -2.11. The van der Waals surface area contributed by atoms with Crippen LogP contribution in [0.5, 0.6) is 0 Å². The van der Waals surface area contributed by atoms with Gasteiger partial charge in [-0.25, -0.2) is 4.79 Å². The Morgan fingerprint density at radius 2 is 2.31 bits per heavy atom. The fourth-order valence-corrected chi connectivity index (χ4v) is 1.42. The maximum Gasteiger partial charge on any atom is 0.328 e. The summed E-state index contributed by atoms with van der Waals surface area (Å²) in [6.45, 7) is 2.12. The Balaban J connectivity index is 2.41. The van der Waals surface area contributed by atoms with Crippen LogP contribution in [0, 0.1) is 0 Å². The quantitative estimate of drug-likeness (QED) is 0.799. The summed E-state index contributed by atoms with van der Waals surface area (Å²) >= 11 is 0. The van der Waals surface area contributed by atoms with Crippen molar-refractivity contribution in [3.63, 3.8) is 0 Å². The van der Waals surface area contributed by atoms with Gasteiger partial charge >= 0.3 is 5.69 Å². The van der Waals surface area contributed by atoms with Crippen LogP contribution in [-0.2, 0) is 13.0 Å². The van der Waals surface area contributed by atoms with Crippen molar-refractivity contribution in [3.8, 4) is 0 Å². The summed E-state index contributed by atoms with van der Waals surface area (Å²) in [7, 11) is 0. The smallest absolute Gasteiger partial charge is 0.328 e. The van der Waals surface area contributed by atoms with Crippen LogP contribution in [0.15, 0.2) is 32.6 Å². The lowest BCUT2D eigenvalue weighted by molar-refractivity contribution is 0.374. The standard InChI is InChI=1S/C10H11N3O3/c1-2-7-5-13(10(15)12-9(7)14)6-8-3-4-11-16-8/h3-5H,2,6H2,1H3,(H,12,14,15). The molecule has 0 unspecified atom stereocenters. The number of nitrogens with one attached hydrogen (secondary N) is 1. The molecule has 0 aromatic carbocycles. The van der Waals surface area contributed by atoms with Crippen LogP contribution < -0.4 is 11.2 Å². The Bertz CT molecular complexity index is 580. The number of hydrogen-bond acceptors (Lipinski definition) is 4. The van der Waals surface area contributed by atoms with E-state index in [1.165, 1.54) is 10.8 Å². The molecule has 6 nitrogen and oxygen atoms in total. The second-order valence-electron chi connectivity index (χ2n) is 3.37. The lowest BCUT2D eigenvalue weighted by Gasteiger charge is -2.03. The van der Waals surface area contributed by atoms with Gasteiger partial charge in [0.25, 0.3) is 5.56 Å². The van der Waals surface area contributed by atoms with Crippen LogP contribution in [-0.4, -0.2) is 14.7 Å². The molecule has 0 aliphatic carbocycles. The van der Waals surface area contributed by atoms with E-state index < -0.39 is 5.69 Å². The SMILES string of the molecule is CCc1cn(Cc2ccno2)c(=O)[nH]c1=O. The summed E-state index contributed by atoms with van der Waals surface area (Å²) in [6, 6.07) is 1.67. The predicted octanol–water partition coefficient (Wildman–Crippen LogP) is 0.135. The van der Waals surface area contributed by atoms with Crippen molar-refractivity contribution in [2.45, 2.75) is 19.9 Å².